The topological polar surface area (TPSA) is 124 Å². The molecule has 1 aromatic carbocycles. The second kappa shape index (κ2) is 9.36. The number of allylic oxidation sites excluding steroid dienone is 1. The van der Waals surface area contributed by atoms with Crippen LogP contribution >= 0.6 is 15.9 Å². The molecule has 0 unspecified atom stereocenters. The number of nitrogens with zero attached hydrogens (tertiary/aromatic N) is 5. The van der Waals surface area contributed by atoms with Crippen LogP contribution in [0.5, 0.6) is 0 Å². The average Bonchev–Trinajstić information content (AvgIpc) is 3.46. The minimum Gasteiger partial charge on any atom is -0.477 e. The molecule has 0 spiro atoms. The van der Waals surface area contributed by atoms with Crippen LogP contribution in [0, 0.1) is 5.82 Å². The summed E-state index contributed by atoms with van der Waals surface area (Å²) in [4.78, 5) is 33.3. The summed E-state index contributed by atoms with van der Waals surface area (Å²) in [6, 6.07) is 6.22. The Morgan fingerprint density at radius 3 is 2.82 bits per heavy atom. The largest absolute Gasteiger partial charge is 0.477 e. The molecular weight excluding hydrogens is 499 g/mol. The fraction of sp³-hybridized carbons (Fsp3) is 0.190. The maximum atomic E-state index is 13.8. The van der Waals surface area contributed by atoms with Gasteiger partial charge in [0.1, 0.15) is 30.2 Å². The maximum Gasteiger partial charge on any atom is 0.352 e. The summed E-state index contributed by atoms with van der Waals surface area (Å²) in [6.07, 6.45) is 4.34. The molecular formula is C21H18BrFN6O4. The molecule has 33 heavy (non-hydrogen) atoms. The molecule has 0 saturated heterocycles. The number of hydrogen-bond donors (Lipinski definition) is 2. The molecule has 1 atom stereocenters. The predicted octanol–water partition coefficient (Wildman–Crippen LogP) is 2.75. The van der Waals surface area contributed by atoms with Gasteiger partial charge in [-0.25, -0.2) is 24.0 Å². The van der Waals surface area contributed by atoms with E-state index in [0.29, 0.717) is 15.7 Å². The van der Waals surface area contributed by atoms with Crippen molar-refractivity contribution in [1.82, 2.24) is 24.6 Å². The van der Waals surface area contributed by atoms with E-state index in [2.05, 4.69) is 36.3 Å². The molecule has 0 saturated carbocycles. The molecule has 0 fully saturated rings. The Morgan fingerprint density at radius 2 is 2.15 bits per heavy atom. The number of esters is 1. The van der Waals surface area contributed by atoms with Gasteiger partial charge < -0.3 is 19.7 Å². The van der Waals surface area contributed by atoms with E-state index in [9.17, 15) is 19.1 Å². The molecule has 3 heterocycles. The normalized spacial score (nSPS) is 15.7. The van der Waals surface area contributed by atoms with Crippen LogP contribution in [0.1, 0.15) is 29.0 Å². The SMILES string of the molecule is CCOC(=O)C1=C(Cn2cccc2C(=O)O)NC(n2cncn2)=N[C@@H]1c1ccc(F)cc1Br. The first-order valence-corrected chi connectivity index (χ1v) is 10.6. The van der Waals surface area contributed by atoms with Crippen molar-refractivity contribution in [2.75, 3.05) is 6.61 Å². The number of aliphatic imine (C=N–C) groups is 1. The van der Waals surface area contributed by atoms with Gasteiger partial charge in [0.25, 0.3) is 0 Å². The molecule has 170 valence electrons. The maximum absolute atomic E-state index is 13.8. The highest BCUT2D eigenvalue weighted by molar-refractivity contribution is 9.10. The molecule has 4 rings (SSSR count). The number of benzene rings is 1. The lowest BCUT2D eigenvalue weighted by Crippen LogP contribution is -2.39. The number of hydrogen-bond acceptors (Lipinski definition) is 7. The standard InChI is InChI=1S/C21H18BrFN6O4/c1-2-33-20(32)17-15(9-28-7-3-4-16(28)19(30)31)26-21(29-11-24-10-25-29)27-18(17)13-6-5-12(23)8-14(13)22/h3-8,10-11,18H,2,9H2,1H3,(H,26,27)(H,30,31)/t18-/m1/s1. The first kappa shape index (κ1) is 22.4. The highest BCUT2D eigenvalue weighted by Crippen LogP contribution is 2.36. The third-order valence-electron chi connectivity index (χ3n) is 4.88. The number of nitrogens with one attached hydrogen (secondary N) is 1. The number of halogens is 2. The molecule has 12 heteroatoms. The Morgan fingerprint density at radius 1 is 1.33 bits per heavy atom. The van der Waals surface area contributed by atoms with E-state index in [1.807, 2.05) is 0 Å². The lowest BCUT2D eigenvalue weighted by molar-refractivity contribution is -0.139. The Kier molecular flexibility index (Phi) is 6.36. The monoisotopic (exact) mass is 516 g/mol. The summed E-state index contributed by atoms with van der Waals surface area (Å²) in [7, 11) is 0. The van der Waals surface area contributed by atoms with Crippen molar-refractivity contribution in [1.29, 1.82) is 0 Å². The van der Waals surface area contributed by atoms with Crippen LogP contribution < -0.4 is 5.32 Å². The quantitative estimate of drug-likeness (QED) is 0.482. The van der Waals surface area contributed by atoms with E-state index in [1.165, 1.54) is 46.2 Å². The third kappa shape index (κ3) is 4.55. The van der Waals surface area contributed by atoms with Crippen LogP contribution in [-0.2, 0) is 16.1 Å². The highest BCUT2D eigenvalue weighted by Gasteiger charge is 2.34. The third-order valence-corrected chi connectivity index (χ3v) is 5.56. The zero-order chi connectivity index (χ0) is 23.5. The summed E-state index contributed by atoms with van der Waals surface area (Å²) in [6.45, 7) is 1.80. The number of aromatic nitrogens is 4. The van der Waals surface area contributed by atoms with Gasteiger partial charge in [-0.05, 0) is 36.8 Å². The zero-order valence-electron chi connectivity index (χ0n) is 17.3. The van der Waals surface area contributed by atoms with Crippen LogP contribution in [0.15, 0.2) is 69.9 Å². The molecule has 0 aliphatic carbocycles. The van der Waals surface area contributed by atoms with Crippen LogP contribution in [0.25, 0.3) is 0 Å². The Balaban J connectivity index is 1.89. The molecule has 10 nitrogen and oxygen atoms in total. The van der Waals surface area contributed by atoms with Gasteiger partial charge in [0, 0.05) is 10.7 Å². The van der Waals surface area contributed by atoms with Gasteiger partial charge in [-0.1, -0.05) is 22.0 Å². The number of carbonyl (C=O) groups excluding carboxylic acids is 1. The fourth-order valence-electron chi connectivity index (χ4n) is 3.45. The van der Waals surface area contributed by atoms with Gasteiger partial charge in [0.15, 0.2) is 0 Å². The summed E-state index contributed by atoms with van der Waals surface area (Å²) >= 11 is 3.36. The van der Waals surface area contributed by atoms with Gasteiger partial charge in [0.05, 0.1) is 24.4 Å². The van der Waals surface area contributed by atoms with Crippen molar-refractivity contribution in [3.63, 3.8) is 0 Å². The summed E-state index contributed by atoms with van der Waals surface area (Å²) in [5.74, 6) is -1.95. The number of aromatic carboxylic acids is 1. The van der Waals surface area contributed by atoms with Crippen LogP contribution in [0.2, 0.25) is 0 Å². The van der Waals surface area contributed by atoms with E-state index in [-0.39, 0.29) is 30.4 Å². The average molecular weight is 517 g/mol. The zero-order valence-corrected chi connectivity index (χ0v) is 18.9. The van der Waals surface area contributed by atoms with Crippen molar-refractivity contribution in [3.8, 4) is 0 Å². The van der Waals surface area contributed by atoms with Gasteiger partial charge in [-0.3, -0.25) is 0 Å². The molecule has 0 bridgehead atoms. The summed E-state index contributed by atoms with van der Waals surface area (Å²) in [5.41, 5.74) is 1.07. The number of carboxylic acids is 1. The molecule has 1 aliphatic rings. The van der Waals surface area contributed by atoms with Crippen molar-refractivity contribution < 1.29 is 23.8 Å². The van der Waals surface area contributed by atoms with Crippen molar-refractivity contribution in [2.45, 2.75) is 19.5 Å². The number of carboxylic acid groups (broad SMARTS) is 1. The molecule has 0 amide bonds. The van der Waals surface area contributed by atoms with E-state index in [1.54, 1.807) is 19.2 Å². The Hall–Kier alpha value is -3.80. The van der Waals surface area contributed by atoms with Gasteiger partial charge in [-0.2, -0.15) is 9.78 Å². The summed E-state index contributed by atoms with van der Waals surface area (Å²) < 4.78 is 22.3. The van der Waals surface area contributed by atoms with E-state index >= 15 is 0 Å². The smallest absolute Gasteiger partial charge is 0.352 e. The Labute approximate surface area is 195 Å². The van der Waals surface area contributed by atoms with Crippen LogP contribution in [-0.4, -0.2) is 48.9 Å². The lowest BCUT2D eigenvalue weighted by Gasteiger charge is -2.28. The van der Waals surface area contributed by atoms with E-state index in [0.717, 1.165) is 0 Å². The first-order chi connectivity index (χ1) is 15.9. The van der Waals surface area contributed by atoms with Gasteiger partial charge >= 0.3 is 11.9 Å². The molecule has 2 N–H and O–H groups in total. The Bertz CT molecular complexity index is 1270. The summed E-state index contributed by atoms with van der Waals surface area (Å²) in [5, 5.41) is 16.7. The van der Waals surface area contributed by atoms with Crippen LogP contribution in [0.4, 0.5) is 4.39 Å². The molecule has 2 aromatic heterocycles. The molecule has 1 aliphatic heterocycles. The second-order valence-corrected chi connectivity index (χ2v) is 7.78. The minimum atomic E-state index is -1.11. The minimum absolute atomic E-state index is 0.00577. The predicted molar refractivity (Wildman–Crippen MR) is 118 cm³/mol. The van der Waals surface area contributed by atoms with Gasteiger partial charge in [-0.15, -0.1) is 0 Å². The second-order valence-electron chi connectivity index (χ2n) is 6.93. The number of rotatable bonds is 6. The van der Waals surface area contributed by atoms with Crippen LogP contribution in [0.3, 0.4) is 0 Å². The lowest BCUT2D eigenvalue weighted by atomic mass is 9.95. The molecule has 0 radical (unpaired) electrons. The van der Waals surface area contributed by atoms with Crippen molar-refractivity contribution in [2.24, 2.45) is 4.99 Å². The number of carbonyl (C=O) groups is 2. The van der Waals surface area contributed by atoms with E-state index in [4.69, 9.17) is 4.74 Å². The van der Waals surface area contributed by atoms with E-state index < -0.39 is 23.8 Å². The first-order valence-electron chi connectivity index (χ1n) is 9.82. The van der Waals surface area contributed by atoms with Gasteiger partial charge in [0.2, 0.25) is 5.96 Å². The highest BCUT2D eigenvalue weighted by atomic mass is 79.9. The van der Waals surface area contributed by atoms with Crippen molar-refractivity contribution >= 4 is 33.8 Å². The molecule has 3 aromatic rings. The number of ether oxygens (including phenoxy) is 1. The fourth-order valence-corrected chi connectivity index (χ4v) is 4.02. The van der Waals surface area contributed by atoms with Crippen molar-refractivity contribution in [3.05, 3.63) is 82.0 Å².